The lowest BCUT2D eigenvalue weighted by Gasteiger charge is -2.29. The Morgan fingerprint density at radius 3 is 2.71 bits per heavy atom. The molecule has 0 spiro atoms. The highest BCUT2D eigenvalue weighted by molar-refractivity contribution is 6.35. The van der Waals surface area contributed by atoms with Crippen molar-refractivity contribution >= 4 is 23.2 Å². The Morgan fingerprint density at radius 1 is 1.33 bits per heavy atom. The molecule has 0 radical (unpaired) electrons. The Labute approximate surface area is 136 Å². The third-order valence-electron chi connectivity index (χ3n) is 4.23. The summed E-state index contributed by atoms with van der Waals surface area (Å²) in [7, 11) is 0. The van der Waals surface area contributed by atoms with E-state index >= 15 is 0 Å². The van der Waals surface area contributed by atoms with Gasteiger partial charge in [-0.2, -0.15) is 0 Å². The molecule has 0 saturated carbocycles. The maximum Gasteiger partial charge on any atom is 0.142 e. The van der Waals surface area contributed by atoms with Crippen LogP contribution in [0.4, 0.5) is 0 Å². The summed E-state index contributed by atoms with van der Waals surface area (Å²) >= 11 is 12.3. The number of ether oxygens (including phenoxy) is 1. The fourth-order valence-electron chi connectivity index (χ4n) is 2.90. The second-order valence-corrected chi connectivity index (χ2v) is 6.39. The van der Waals surface area contributed by atoms with E-state index in [1.807, 2.05) is 6.07 Å². The number of aliphatic hydroxyl groups is 1. The van der Waals surface area contributed by atoms with E-state index < -0.39 is 0 Å². The van der Waals surface area contributed by atoms with E-state index in [2.05, 4.69) is 19.2 Å². The molecule has 1 aliphatic rings. The minimum Gasteiger partial charge on any atom is -0.492 e. The molecule has 1 aromatic carbocycles. The quantitative estimate of drug-likeness (QED) is 0.820. The zero-order chi connectivity index (χ0) is 15.4. The maximum atomic E-state index is 10.3. The molecule has 1 aromatic rings. The van der Waals surface area contributed by atoms with E-state index in [9.17, 15) is 5.11 Å². The van der Waals surface area contributed by atoms with Gasteiger partial charge in [0.25, 0.3) is 0 Å². The van der Waals surface area contributed by atoms with E-state index in [-0.39, 0.29) is 12.1 Å². The Balaban J connectivity index is 2.07. The standard InChI is InChI=1S/C16H23Cl2NO2/c1-3-10(4-2)15(20)9-19-14-5-6-21-16-12(14)7-11(17)8-13(16)18/h7-8,10,14-15,19-20H,3-6,9H2,1-2H3. The van der Waals surface area contributed by atoms with Crippen LogP contribution < -0.4 is 10.1 Å². The summed E-state index contributed by atoms with van der Waals surface area (Å²) in [4.78, 5) is 0. The Kier molecular flexibility index (Phi) is 6.18. The number of rotatable bonds is 6. The summed E-state index contributed by atoms with van der Waals surface area (Å²) in [5.41, 5.74) is 0.982. The topological polar surface area (TPSA) is 41.5 Å². The molecule has 1 aliphatic heterocycles. The Bertz CT molecular complexity index is 478. The molecule has 0 saturated heterocycles. The molecular weight excluding hydrogens is 309 g/mol. The van der Waals surface area contributed by atoms with E-state index in [0.717, 1.165) is 24.8 Å². The molecule has 2 rings (SSSR count). The third-order valence-corrected chi connectivity index (χ3v) is 4.73. The summed E-state index contributed by atoms with van der Waals surface area (Å²) in [6.45, 7) is 5.41. The zero-order valence-corrected chi connectivity index (χ0v) is 14.0. The molecule has 0 aromatic heterocycles. The molecule has 0 amide bonds. The number of halogens is 2. The number of aliphatic hydroxyl groups excluding tert-OH is 1. The van der Waals surface area contributed by atoms with Crippen LogP contribution in [-0.2, 0) is 0 Å². The van der Waals surface area contributed by atoms with Gasteiger partial charge >= 0.3 is 0 Å². The summed E-state index contributed by atoms with van der Waals surface area (Å²) in [5.74, 6) is 1.04. The Hall–Kier alpha value is -0.480. The maximum absolute atomic E-state index is 10.3. The molecule has 3 nitrogen and oxygen atoms in total. The van der Waals surface area contributed by atoms with Crippen molar-refractivity contribution in [3.05, 3.63) is 27.7 Å². The summed E-state index contributed by atoms with van der Waals surface area (Å²) < 4.78 is 5.64. The minimum absolute atomic E-state index is 0.119. The Morgan fingerprint density at radius 2 is 2.05 bits per heavy atom. The van der Waals surface area contributed by atoms with E-state index in [1.54, 1.807) is 6.07 Å². The van der Waals surface area contributed by atoms with Gasteiger partial charge in [0, 0.05) is 29.6 Å². The molecule has 0 fully saturated rings. The van der Waals surface area contributed by atoms with Gasteiger partial charge in [-0.15, -0.1) is 0 Å². The number of hydrogen-bond donors (Lipinski definition) is 2. The van der Waals surface area contributed by atoms with Crippen molar-refractivity contribution in [2.24, 2.45) is 5.92 Å². The molecule has 0 bridgehead atoms. The van der Waals surface area contributed by atoms with Gasteiger partial charge in [0.2, 0.25) is 0 Å². The smallest absolute Gasteiger partial charge is 0.142 e. The van der Waals surface area contributed by atoms with Crippen LogP contribution in [0.3, 0.4) is 0 Å². The SMILES string of the molecule is CCC(CC)C(O)CNC1CCOc2c(Cl)cc(Cl)cc21. The molecule has 2 unspecified atom stereocenters. The fraction of sp³-hybridized carbons (Fsp3) is 0.625. The number of fused-ring (bicyclic) bond motifs is 1. The van der Waals surface area contributed by atoms with Gasteiger partial charge in [-0.1, -0.05) is 49.9 Å². The van der Waals surface area contributed by atoms with Crippen molar-refractivity contribution in [3.63, 3.8) is 0 Å². The molecule has 118 valence electrons. The van der Waals surface area contributed by atoms with Crippen molar-refractivity contribution in [1.29, 1.82) is 0 Å². The highest BCUT2D eigenvalue weighted by atomic mass is 35.5. The summed E-state index contributed by atoms with van der Waals surface area (Å²) in [6, 6.07) is 3.71. The summed E-state index contributed by atoms with van der Waals surface area (Å²) in [5, 5.41) is 14.8. The fourth-order valence-corrected chi connectivity index (χ4v) is 3.46. The third kappa shape index (κ3) is 4.04. The van der Waals surface area contributed by atoms with Crippen molar-refractivity contribution in [2.45, 2.75) is 45.3 Å². The van der Waals surface area contributed by atoms with E-state index in [4.69, 9.17) is 27.9 Å². The average Bonchev–Trinajstić information content (AvgIpc) is 2.46. The van der Waals surface area contributed by atoms with Gasteiger partial charge in [0.1, 0.15) is 5.75 Å². The lowest BCUT2D eigenvalue weighted by Crippen LogP contribution is -2.36. The predicted molar refractivity (Wildman–Crippen MR) is 87.4 cm³/mol. The van der Waals surface area contributed by atoms with Crippen LogP contribution in [-0.4, -0.2) is 24.4 Å². The molecule has 2 atom stereocenters. The zero-order valence-electron chi connectivity index (χ0n) is 12.5. The first-order valence-electron chi connectivity index (χ1n) is 7.60. The predicted octanol–water partition coefficient (Wildman–Crippen LogP) is 4.20. The van der Waals surface area contributed by atoms with Crippen LogP contribution in [0.5, 0.6) is 5.75 Å². The molecule has 21 heavy (non-hydrogen) atoms. The second-order valence-electron chi connectivity index (χ2n) is 5.55. The van der Waals surface area contributed by atoms with Crippen LogP contribution in [0.2, 0.25) is 10.0 Å². The van der Waals surface area contributed by atoms with Crippen LogP contribution in [0, 0.1) is 5.92 Å². The monoisotopic (exact) mass is 331 g/mol. The molecule has 0 aliphatic carbocycles. The molecule has 1 heterocycles. The van der Waals surface area contributed by atoms with Crippen LogP contribution in [0.25, 0.3) is 0 Å². The average molecular weight is 332 g/mol. The number of hydrogen-bond acceptors (Lipinski definition) is 3. The minimum atomic E-state index is -0.332. The largest absolute Gasteiger partial charge is 0.492 e. The lowest BCUT2D eigenvalue weighted by molar-refractivity contribution is 0.0957. The van der Waals surface area contributed by atoms with Crippen molar-refractivity contribution in [1.82, 2.24) is 5.32 Å². The molecule has 2 N–H and O–H groups in total. The van der Waals surface area contributed by atoms with Gasteiger partial charge in [-0.3, -0.25) is 0 Å². The van der Waals surface area contributed by atoms with Gasteiger partial charge in [0.15, 0.2) is 0 Å². The van der Waals surface area contributed by atoms with E-state index in [0.29, 0.717) is 34.9 Å². The van der Waals surface area contributed by atoms with Gasteiger partial charge in [-0.05, 0) is 18.1 Å². The van der Waals surface area contributed by atoms with Crippen molar-refractivity contribution < 1.29 is 9.84 Å². The highest BCUT2D eigenvalue weighted by Gasteiger charge is 2.25. The first-order valence-corrected chi connectivity index (χ1v) is 8.35. The second kappa shape index (κ2) is 7.68. The lowest BCUT2D eigenvalue weighted by atomic mass is 9.95. The van der Waals surface area contributed by atoms with E-state index in [1.165, 1.54) is 0 Å². The normalized spacial score (nSPS) is 19.2. The molecular formula is C16H23Cl2NO2. The van der Waals surface area contributed by atoms with Gasteiger partial charge in [-0.25, -0.2) is 0 Å². The first kappa shape index (κ1) is 16.9. The van der Waals surface area contributed by atoms with Crippen molar-refractivity contribution in [2.75, 3.05) is 13.2 Å². The highest BCUT2D eigenvalue weighted by Crippen LogP contribution is 2.39. The first-order chi connectivity index (χ1) is 10.1. The number of benzene rings is 1. The van der Waals surface area contributed by atoms with Gasteiger partial charge in [0.05, 0.1) is 17.7 Å². The van der Waals surface area contributed by atoms with Gasteiger partial charge < -0.3 is 15.2 Å². The van der Waals surface area contributed by atoms with Crippen molar-refractivity contribution in [3.8, 4) is 5.75 Å². The number of nitrogens with one attached hydrogen (secondary N) is 1. The van der Waals surface area contributed by atoms with Crippen LogP contribution in [0.15, 0.2) is 12.1 Å². The summed E-state index contributed by atoms with van der Waals surface area (Å²) in [6.07, 6.45) is 2.49. The molecule has 5 heteroatoms. The van der Waals surface area contributed by atoms with Crippen LogP contribution in [0.1, 0.15) is 44.7 Å². The van der Waals surface area contributed by atoms with Crippen LogP contribution >= 0.6 is 23.2 Å².